The van der Waals surface area contributed by atoms with Gasteiger partial charge in [0.2, 0.25) is 5.89 Å². The van der Waals surface area contributed by atoms with Crippen LogP contribution in [0.1, 0.15) is 30.9 Å². The molecule has 0 radical (unpaired) electrons. The number of nitrogens with zero attached hydrogens (tertiary/aromatic N) is 2. The normalized spacial score (nSPS) is 11.8. The average molecular weight is 471 g/mol. The Morgan fingerprint density at radius 1 is 1.06 bits per heavy atom. The summed E-state index contributed by atoms with van der Waals surface area (Å²) in [5.74, 6) is -1.47. The van der Waals surface area contributed by atoms with Crippen molar-refractivity contribution in [3.63, 3.8) is 0 Å². The van der Waals surface area contributed by atoms with Crippen molar-refractivity contribution >= 4 is 11.6 Å². The summed E-state index contributed by atoms with van der Waals surface area (Å²) in [7, 11) is 0. The summed E-state index contributed by atoms with van der Waals surface area (Å²) in [6.07, 6.45) is 1.56. The molecule has 8 heteroatoms. The zero-order valence-corrected chi connectivity index (χ0v) is 19.2. The molecule has 0 unspecified atom stereocenters. The van der Waals surface area contributed by atoms with E-state index in [4.69, 9.17) is 16.0 Å². The number of benzene rings is 2. The van der Waals surface area contributed by atoms with Crippen LogP contribution in [-0.2, 0) is 5.60 Å². The van der Waals surface area contributed by atoms with E-state index in [9.17, 15) is 18.7 Å². The lowest BCUT2D eigenvalue weighted by atomic mass is 10.1. The highest BCUT2D eigenvalue weighted by Gasteiger charge is 2.28. The third kappa shape index (κ3) is 4.34. The first kappa shape index (κ1) is 22.9. The van der Waals surface area contributed by atoms with Crippen LogP contribution >= 0.6 is 11.6 Å². The molecule has 0 amide bonds. The van der Waals surface area contributed by atoms with Gasteiger partial charge in [0.1, 0.15) is 22.9 Å². The average Bonchev–Trinajstić information content (AvgIpc) is 3.14. The minimum Gasteiger partial charge on any atom is -0.437 e. The topological polar surface area (TPSA) is 68.3 Å². The fourth-order valence-corrected chi connectivity index (χ4v) is 4.05. The number of rotatable bonds is 4. The molecular formula is C25H21ClF2N2O3. The van der Waals surface area contributed by atoms with Crippen LogP contribution in [-0.4, -0.2) is 14.7 Å². The number of halogens is 3. The fraction of sp³-hybridized carbons (Fsp3) is 0.200. The Hall–Kier alpha value is -3.29. The van der Waals surface area contributed by atoms with Crippen LogP contribution < -0.4 is 5.56 Å². The van der Waals surface area contributed by atoms with E-state index in [0.29, 0.717) is 16.3 Å². The molecule has 0 aliphatic rings. The summed E-state index contributed by atoms with van der Waals surface area (Å²) in [6.45, 7) is 6.64. The monoisotopic (exact) mass is 470 g/mol. The molecule has 0 spiro atoms. The van der Waals surface area contributed by atoms with Gasteiger partial charge in [-0.1, -0.05) is 11.6 Å². The maximum absolute atomic E-state index is 14.6. The number of aromatic nitrogens is 2. The predicted octanol–water partition coefficient (Wildman–Crippen LogP) is 5.94. The highest BCUT2D eigenvalue weighted by atomic mass is 35.5. The Morgan fingerprint density at radius 2 is 1.73 bits per heavy atom. The number of oxazole rings is 1. The first-order valence-electron chi connectivity index (χ1n) is 10.1. The third-order valence-electron chi connectivity index (χ3n) is 5.21. The van der Waals surface area contributed by atoms with Crippen molar-refractivity contribution in [2.45, 2.75) is 33.3 Å². The minimum absolute atomic E-state index is 0.00209. The third-order valence-corrected chi connectivity index (χ3v) is 5.43. The Labute approximate surface area is 193 Å². The standard InChI is InChI=1S/C25H21ClF2N2O3/c1-13-9-16(26)10-14(2)22(13)30-12-15(5-8-20(30)31)23-21(29-24(33-23)25(3,4)32)18-7-6-17(27)11-19(18)28/h5-12,32H,1-4H3. The molecule has 2 aromatic carbocycles. The van der Waals surface area contributed by atoms with Crippen molar-refractivity contribution in [3.8, 4) is 28.3 Å². The van der Waals surface area contributed by atoms with Gasteiger partial charge in [0.05, 0.1) is 5.69 Å². The van der Waals surface area contributed by atoms with Crippen molar-refractivity contribution in [2.75, 3.05) is 0 Å². The van der Waals surface area contributed by atoms with Gasteiger partial charge in [-0.2, -0.15) is 0 Å². The summed E-state index contributed by atoms with van der Waals surface area (Å²) < 4.78 is 35.4. The van der Waals surface area contributed by atoms with E-state index < -0.39 is 17.2 Å². The first-order chi connectivity index (χ1) is 15.5. The zero-order chi connectivity index (χ0) is 24.1. The van der Waals surface area contributed by atoms with E-state index >= 15 is 0 Å². The lowest BCUT2D eigenvalue weighted by Crippen LogP contribution is -2.18. The number of hydrogen-bond acceptors (Lipinski definition) is 4. The van der Waals surface area contributed by atoms with Gasteiger partial charge in [-0.05, 0) is 69.2 Å². The van der Waals surface area contributed by atoms with Crippen molar-refractivity contribution in [2.24, 2.45) is 0 Å². The Bertz CT molecular complexity index is 1410. The second-order valence-electron chi connectivity index (χ2n) is 8.39. The predicted molar refractivity (Wildman–Crippen MR) is 123 cm³/mol. The van der Waals surface area contributed by atoms with Crippen LogP contribution in [0.4, 0.5) is 8.78 Å². The lowest BCUT2D eigenvalue weighted by Gasteiger charge is -2.14. The summed E-state index contributed by atoms with van der Waals surface area (Å²) in [4.78, 5) is 17.1. The maximum Gasteiger partial charge on any atom is 0.255 e. The minimum atomic E-state index is -1.46. The number of aryl methyl sites for hydroxylation is 2. The number of pyridine rings is 1. The van der Waals surface area contributed by atoms with Crippen molar-refractivity contribution in [1.82, 2.24) is 9.55 Å². The van der Waals surface area contributed by atoms with E-state index in [2.05, 4.69) is 4.98 Å². The highest BCUT2D eigenvalue weighted by molar-refractivity contribution is 6.30. The summed E-state index contributed by atoms with van der Waals surface area (Å²) in [5.41, 5.74) is 0.998. The van der Waals surface area contributed by atoms with Gasteiger partial charge in [-0.15, -0.1) is 0 Å². The molecule has 2 aromatic heterocycles. The molecule has 0 saturated heterocycles. The Kier molecular flexibility index (Phi) is 5.72. The van der Waals surface area contributed by atoms with E-state index in [1.165, 1.54) is 36.6 Å². The van der Waals surface area contributed by atoms with Gasteiger partial charge in [-0.3, -0.25) is 9.36 Å². The van der Waals surface area contributed by atoms with Crippen LogP contribution in [0, 0.1) is 25.5 Å². The smallest absolute Gasteiger partial charge is 0.255 e. The van der Waals surface area contributed by atoms with Gasteiger partial charge in [-0.25, -0.2) is 13.8 Å². The quantitative estimate of drug-likeness (QED) is 0.401. The van der Waals surface area contributed by atoms with Crippen molar-refractivity contribution in [3.05, 3.63) is 92.7 Å². The second kappa shape index (κ2) is 8.24. The van der Waals surface area contributed by atoms with E-state index in [1.807, 2.05) is 13.8 Å². The van der Waals surface area contributed by atoms with Crippen LogP contribution in [0.25, 0.3) is 28.3 Å². The van der Waals surface area contributed by atoms with E-state index in [-0.39, 0.29) is 28.5 Å². The molecule has 0 aliphatic carbocycles. The Balaban J connectivity index is 1.98. The van der Waals surface area contributed by atoms with Gasteiger partial charge < -0.3 is 9.52 Å². The second-order valence-corrected chi connectivity index (χ2v) is 8.83. The SMILES string of the molecule is Cc1cc(Cl)cc(C)c1-n1cc(-c2oc(C(C)(C)O)nc2-c2ccc(F)cc2F)ccc1=O. The molecule has 4 rings (SSSR count). The molecular weight excluding hydrogens is 450 g/mol. The number of hydrogen-bond donors (Lipinski definition) is 1. The van der Waals surface area contributed by atoms with Crippen LogP contribution in [0.3, 0.4) is 0 Å². The molecule has 4 aromatic rings. The largest absolute Gasteiger partial charge is 0.437 e. The van der Waals surface area contributed by atoms with Gasteiger partial charge in [0.15, 0.2) is 5.76 Å². The number of aliphatic hydroxyl groups is 1. The molecule has 0 bridgehead atoms. The Morgan fingerprint density at radius 3 is 2.33 bits per heavy atom. The molecule has 0 atom stereocenters. The fourth-order valence-electron chi connectivity index (χ4n) is 3.72. The van der Waals surface area contributed by atoms with Gasteiger partial charge in [0.25, 0.3) is 5.56 Å². The van der Waals surface area contributed by atoms with Gasteiger partial charge >= 0.3 is 0 Å². The molecule has 0 saturated carbocycles. The van der Waals surface area contributed by atoms with Crippen LogP contribution in [0.15, 0.2) is 57.9 Å². The zero-order valence-electron chi connectivity index (χ0n) is 18.4. The molecule has 1 N–H and O–H groups in total. The summed E-state index contributed by atoms with van der Waals surface area (Å²) >= 11 is 6.14. The summed E-state index contributed by atoms with van der Waals surface area (Å²) in [5, 5.41) is 11.0. The van der Waals surface area contributed by atoms with Crippen molar-refractivity contribution < 1.29 is 18.3 Å². The molecule has 2 heterocycles. The molecule has 170 valence electrons. The van der Waals surface area contributed by atoms with Crippen molar-refractivity contribution in [1.29, 1.82) is 0 Å². The molecule has 0 fully saturated rings. The first-order valence-corrected chi connectivity index (χ1v) is 10.5. The lowest BCUT2D eigenvalue weighted by molar-refractivity contribution is 0.0490. The molecule has 5 nitrogen and oxygen atoms in total. The molecule has 33 heavy (non-hydrogen) atoms. The van der Waals surface area contributed by atoms with Crippen LogP contribution in [0.2, 0.25) is 5.02 Å². The van der Waals surface area contributed by atoms with E-state index in [1.54, 1.807) is 18.3 Å². The van der Waals surface area contributed by atoms with Crippen LogP contribution in [0.5, 0.6) is 0 Å². The highest BCUT2D eigenvalue weighted by Crippen LogP contribution is 2.37. The van der Waals surface area contributed by atoms with E-state index in [0.717, 1.165) is 23.3 Å². The molecule has 0 aliphatic heterocycles. The maximum atomic E-state index is 14.6. The summed E-state index contributed by atoms with van der Waals surface area (Å²) in [6, 6.07) is 9.51. The van der Waals surface area contributed by atoms with Gasteiger partial charge in [0, 0.05) is 34.5 Å².